The van der Waals surface area contributed by atoms with Gasteiger partial charge in [-0.05, 0) is 25.8 Å². The van der Waals surface area contributed by atoms with Crippen LogP contribution in [0.5, 0.6) is 0 Å². The van der Waals surface area contributed by atoms with Gasteiger partial charge in [-0.2, -0.15) is 0 Å². The number of rotatable bonds is 1. The first-order chi connectivity index (χ1) is 7.34. The summed E-state index contributed by atoms with van der Waals surface area (Å²) in [7, 11) is 0. The van der Waals surface area contributed by atoms with Gasteiger partial charge in [0.2, 0.25) is 0 Å². The molecule has 2 unspecified atom stereocenters. The fourth-order valence-electron chi connectivity index (χ4n) is 2.65. The number of imidazole rings is 1. The Balaban J connectivity index is 1.90. The van der Waals surface area contributed by atoms with Crippen molar-refractivity contribution in [3.8, 4) is 0 Å². The maximum absolute atomic E-state index is 9.57. The largest absolute Gasteiger partial charge is 0.393 e. The van der Waals surface area contributed by atoms with Crippen molar-refractivity contribution in [2.45, 2.75) is 44.4 Å². The fraction of sp³-hybridized carbons (Fsp3) is 0.727. The van der Waals surface area contributed by atoms with Crippen molar-refractivity contribution in [3.05, 3.63) is 17.7 Å². The van der Waals surface area contributed by atoms with Crippen molar-refractivity contribution in [1.29, 1.82) is 0 Å². The van der Waals surface area contributed by atoms with Crippen molar-refractivity contribution >= 4 is 0 Å². The van der Waals surface area contributed by atoms with Crippen molar-refractivity contribution in [2.75, 3.05) is 6.54 Å². The highest BCUT2D eigenvalue weighted by molar-refractivity contribution is 5.13. The van der Waals surface area contributed by atoms with E-state index < -0.39 is 0 Å². The zero-order valence-corrected chi connectivity index (χ0v) is 8.82. The lowest BCUT2D eigenvalue weighted by Gasteiger charge is -2.22. The van der Waals surface area contributed by atoms with E-state index in [4.69, 9.17) is 0 Å². The average Bonchev–Trinajstić information content (AvgIpc) is 2.82. The molecule has 0 radical (unpaired) electrons. The summed E-state index contributed by atoms with van der Waals surface area (Å²) in [5.74, 6) is 1.18. The molecule has 3 rings (SSSR count). The van der Waals surface area contributed by atoms with Gasteiger partial charge in [-0.3, -0.25) is 0 Å². The highest BCUT2D eigenvalue weighted by Gasteiger charge is 2.25. The summed E-state index contributed by atoms with van der Waals surface area (Å²) in [6.45, 7) is 2.03. The van der Waals surface area contributed by atoms with Gasteiger partial charge >= 0.3 is 0 Å². The molecule has 2 aliphatic rings. The molecule has 2 aliphatic heterocycles. The Bertz CT molecular complexity index is 355. The van der Waals surface area contributed by atoms with Crippen LogP contribution in [0.4, 0.5) is 0 Å². The molecule has 3 heterocycles. The number of aliphatic hydroxyl groups is 1. The summed E-state index contributed by atoms with van der Waals surface area (Å²) in [5, 5.41) is 13.0. The molecule has 15 heavy (non-hydrogen) atoms. The molecule has 1 aromatic heterocycles. The second-order valence-electron chi connectivity index (χ2n) is 4.55. The fourth-order valence-corrected chi connectivity index (χ4v) is 2.65. The van der Waals surface area contributed by atoms with Gasteiger partial charge in [0.1, 0.15) is 5.82 Å². The summed E-state index contributed by atoms with van der Waals surface area (Å²) < 4.78 is 2.29. The van der Waals surface area contributed by atoms with Crippen LogP contribution >= 0.6 is 0 Å². The number of nitrogens with zero attached hydrogens (tertiary/aromatic N) is 2. The molecule has 1 aromatic rings. The Morgan fingerprint density at radius 2 is 2.40 bits per heavy atom. The molecule has 0 aliphatic carbocycles. The lowest BCUT2D eigenvalue weighted by molar-refractivity contribution is 0.142. The van der Waals surface area contributed by atoms with E-state index in [9.17, 15) is 5.11 Å². The maximum Gasteiger partial charge on any atom is 0.126 e. The minimum absolute atomic E-state index is 0.168. The summed E-state index contributed by atoms with van der Waals surface area (Å²) in [4.78, 5) is 4.50. The van der Waals surface area contributed by atoms with Crippen molar-refractivity contribution in [2.24, 2.45) is 0 Å². The van der Waals surface area contributed by atoms with Crippen molar-refractivity contribution in [3.63, 3.8) is 0 Å². The second-order valence-corrected chi connectivity index (χ2v) is 4.55. The van der Waals surface area contributed by atoms with Crippen LogP contribution in [0.25, 0.3) is 0 Å². The molecule has 1 saturated heterocycles. The Hall–Kier alpha value is -0.870. The van der Waals surface area contributed by atoms with E-state index in [0.717, 1.165) is 25.9 Å². The second kappa shape index (κ2) is 3.61. The van der Waals surface area contributed by atoms with Crippen LogP contribution in [0.1, 0.15) is 36.8 Å². The zero-order valence-electron chi connectivity index (χ0n) is 8.82. The third-order valence-electron chi connectivity index (χ3n) is 3.47. The number of aromatic nitrogens is 2. The molecule has 4 nitrogen and oxygen atoms in total. The predicted molar refractivity (Wildman–Crippen MR) is 56.5 cm³/mol. The number of hydrogen-bond acceptors (Lipinski definition) is 3. The summed E-state index contributed by atoms with van der Waals surface area (Å²) in [6, 6.07) is 0.439. The molecule has 4 heteroatoms. The quantitative estimate of drug-likeness (QED) is 0.709. The van der Waals surface area contributed by atoms with E-state index in [1.54, 1.807) is 0 Å². The van der Waals surface area contributed by atoms with Gasteiger partial charge in [-0.1, -0.05) is 0 Å². The van der Waals surface area contributed by atoms with E-state index >= 15 is 0 Å². The van der Waals surface area contributed by atoms with E-state index in [1.807, 2.05) is 6.20 Å². The first-order valence-electron chi connectivity index (χ1n) is 5.80. The Labute approximate surface area is 89.3 Å². The highest BCUT2D eigenvalue weighted by atomic mass is 16.3. The number of aliphatic hydroxyl groups excluding tert-OH is 1. The van der Waals surface area contributed by atoms with Crippen molar-refractivity contribution in [1.82, 2.24) is 14.9 Å². The molecule has 2 N–H and O–H groups in total. The van der Waals surface area contributed by atoms with Crippen LogP contribution in [-0.4, -0.2) is 27.3 Å². The average molecular weight is 207 g/mol. The van der Waals surface area contributed by atoms with E-state index in [-0.39, 0.29) is 6.10 Å². The normalized spacial score (nSPS) is 30.5. The monoisotopic (exact) mass is 207 g/mol. The third kappa shape index (κ3) is 1.58. The van der Waals surface area contributed by atoms with Crippen LogP contribution in [0.3, 0.4) is 0 Å². The molecular weight excluding hydrogens is 190 g/mol. The SMILES string of the molecule is OC1CCn2c(cnc2C2CCCN2)C1. The molecule has 0 spiro atoms. The smallest absolute Gasteiger partial charge is 0.126 e. The third-order valence-corrected chi connectivity index (χ3v) is 3.47. The summed E-state index contributed by atoms with van der Waals surface area (Å²) in [6.07, 6.45) is 5.83. The van der Waals surface area contributed by atoms with Gasteiger partial charge in [0.25, 0.3) is 0 Å². The summed E-state index contributed by atoms with van der Waals surface area (Å²) in [5.41, 5.74) is 1.19. The van der Waals surface area contributed by atoms with Gasteiger partial charge in [0, 0.05) is 24.9 Å². The molecule has 0 bridgehead atoms. The van der Waals surface area contributed by atoms with E-state index in [2.05, 4.69) is 14.9 Å². The number of hydrogen-bond donors (Lipinski definition) is 2. The Kier molecular flexibility index (Phi) is 2.25. The first kappa shape index (κ1) is 9.36. The van der Waals surface area contributed by atoms with Crippen LogP contribution < -0.4 is 5.32 Å². The van der Waals surface area contributed by atoms with Gasteiger partial charge in [0.15, 0.2) is 0 Å². The van der Waals surface area contributed by atoms with Gasteiger partial charge < -0.3 is 15.0 Å². The molecule has 82 valence electrons. The molecule has 1 fully saturated rings. The van der Waals surface area contributed by atoms with Crippen molar-refractivity contribution < 1.29 is 5.11 Å². The Morgan fingerprint density at radius 3 is 3.20 bits per heavy atom. The molecule has 0 amide bonds. The summed E-state index contributed by atoms with van der Waals surface area (Å²) >= 11 is 0. The van der Waals surface area contributed by atoms with E-state index in [1.165, 1.54) is 24.4 Å². The van der Waals surface area contributed by atoms with Crippen LogP contribution in [0.15, 0.2) is 6.20 Å². The van der Waals surface area contributed by atoms with Crippen LogP contribution in [0, 0.1) is 0 Å². The first-order valence-corrected chi connectivity index (χ1v) is 5.80. The molecule has 0 saturated carbocycles. The lowest BCUT2D eigenvalue weighted by Crippen LogP contribution is -2.26. The zero-order chi connectivity index (χ0) is 10.3. The predicted octanol–water partition coefficient (Wildman–Crippen LogP) is 0.615. The van der Waals surface area contributed by atoms with E-state index in [0.29, 0.717) is 6.04 Å². The standard InChI is InChI=1S/C11H17N3O/c15-9-3-5-14-8(6-9)7-13-11(14)10-2-1-4-12-10/h7,9-10,12,15H,1-6H2. The lowest BCUT2D eigenvalue weighted by atomic mass is 10.1. The Morgan fingerprint density at radius 1 is 1.47 bits per heavy atom. The van der Waals surface area contributed by atoms with Gasteiger partial charge in [0.05, 0.1) is 12.1 Å². The number of nitrogens with one attached hydrogen (secondary N) is 1. The minimum Gasteiger partial charge on any atom is -0.393 e. The maximum atomic E-state index is 9.57. The number of fused-ring (bicyclic) bond motifs is 1. The highest BCUT2D eigenvalue weighted by Crippen LogP contribution is 2.26. The molecular formula is C11H17N3O. The van der Waals surface area contributed by atoms with Crippen LogP contribution in [-0.2, 0) is 13.0 Å². The molecule has 0 aromatic carbocycles. The van der Waals surface area contributed by atoms with Crippen LogP contribution in [0.2, 0.25) is 0 Å². The van der Waals surface area contributed by atoms with Gasteiger partial charge in [-0.15, -0.1) is 0 Å². The van der Waals surface area contributed by atoms with Gasteiger partial charge in [-0.25, -0.2) is 4.98 Å². The topological polar surface area (TPSA) is 50.1 Å². The minimum atomic E-state index is -0.168. The molecule has 2 atom stereocenters.